The second-order valence-electron chi connectivity index (χ2n) is 6.21. The molecule has 1 saturated heterocycles. The van der Waals surface area contributed by atoms with E-state index in [1.165, 1.54) is 0 Å². The molecule has 1 aromatic carbocycles. The lowest BCUT2D eigenvalue weighted by Gasteiger charge is -2.21. The number of aliphatic imine (C=N–C) groups is 1. The van der Waals surface area contributed by atoms with Gasteiger partial charge in [0.25, 0.3) is 0 Å². The minimum atomic E-state index is 0. The van der Waals surface area contributed by atoms with Crippen LogP contribution in [0, 0.1) is 5.92 Å². The quantitative estimate of drug-likeness (QED) is 0.343. The van der Waals surface area contributed by atoms with Crippen molar-refractivity contribution in [1.29, 1.82) is 0 Å². The highest BCUT2D eigenvalue weighted by molar-refractivity contribution is 14.0. The number of nitrogens with one attached hydrogen (secondary N) is 1. The van der Waals surface area contributed by atoms with Crippen LogP contribution in [0.1, 0.15) is 25.8 Å². The number of nitrogens with zero attached hydrogens (tertiary/aromatic N) is 2. The van der Waals surface area contributed by atoms with Crippen LogP contribution in [0.25, 0.3) is 0 Å². The maximum Gasteiger partial charge on any atom is 0.193 e. The number of aromatic hydroxyl groups is 1. The molecule has 1 unspecified atom stereocenters. The van der Waals surface area contributed by atoms with Gasteiger partial charge in [-0.15, -0.1) is 24.0 Å². The molecule has 0 spiro atoms. The summed E-state index contributed by atoms with van der Waals surface area (Å²) in [7, 11) is 1.56. The van der Waals surface area contributed by atoms with E-state index >= 15 is 0 Å². The fourth-order valence-electron chi connectivity index (χ4n) is 3.09. The smallest absolute Gasteiger partial charge is 0.193 e. The first-order valence-corrected chi connectivity index (χ1v) is 9.15. The van der Waals surface area contributed by atoms with Gasteiger partial charge in [0, 0.05) is 38.7 Å². The Hall–Kier alpha value is -1.22. The van der Waals surface area contributed by atoms with Crippen molar-refractivity contribution >= 4 is 29.9 Å². The number of phenolic OH excluding ortho intramolecular Hbond substituents is 1. The second kappa shape index (κ2) is 12.2. The van der Waals surface area contributed by atoms with Crippen molar-refractivity contribution in [1.82, 2.24) is 10.2 Å². The third kappa shape index (κ3) is 6.50. The van der Waals surface area contributed by atoms with E-state index in [2.05, 4.69) is 17.1 Å². The number of hydrogen-bond donors (Lipinski definition) is 2. The van der Waals surface area contributed by atoms with Crippen LogP contribution in [0.5, 0.6) is 11.5 Å². The molecule has 1 atom stereocenters. The highest BCUT2D eigenvalue weighted by Gasteiger charge is 2.24. The first-order valence-electron chi connectivity index (χ1n) is 9.15. The van der Waals surface area contributed by atoms with Crippen molar-refractivity contribution in [2.45, 2.75) is 26.7 Å². The molecule has 7 heteroatoms. The first kappa shape index (κ1) is 22.8. The number of likely N-dealkylation sites (tertiary alicyclic amines) is 1. The Morgan fingerprint density at radius 2 is 2.19 bits per heavy atom. The number of methoxy groups -OCH3 is 1. The van der Waals surface area contributed by atoms with E-state index in [1.54, 1.807) is 13.2 Å². The Morgan fingerprint density at radius 3 is 2.88 bits per heavy atom. The van der Waals surface area contributed by atoms with Gasteiger partial charge >= 0.3 is 0 Å². The molecule has 1 aliphatic rings. The van der Waals surface area contributed by atoms with E-state index < -0.39 is 0 Å². The summed E-state index contributed by atoms with van der Waals surface area (Å²) in [5.41, 5.74) is 0.856. The van der Waals surface area contributed by atoms with Gasteiger partial charge in [0.1, 0.15) is 0 Å². The number of rotatable bonds is 8. The van der Waals surface area contributed by atoms with Crippen LogP contribution in [-0.2, 0) is 11.2 Å². The van der Waals surface area contributed by atoms with Gasteiger partial charge < -0.3 is 24.8 Å². The average Bonchev–Trinajstić information content (AvgIpc) is 3.09. The zero-order valence-electron chi connectivity index (χ0n) is 16.0. The van der Waals surface area contributed by atoms with Crippen LogP contribution < -0.4 is 10.1 Å². The van der Waals surface area contributed by atoms with Gasteiger partial charge in [0.05, 0.1) is 13.7 Å². The molecule has 1 heterocycles. The Bertz CT molecular complexity index is 569. The third-order valence-corrected chi connectivity index (χ3v) is 4.42. The van der Waals surface area contributed by atoms with E-state index in [4.69, 9.17) is 14.5 Å². The van der Waals surface area contributed by atoms with Crippen LogP contribution in [0.4, 0.5) is 0 Å². The highest BCUT2D eigenvalue weighted by atomic mass is 127. The van der Waals surface area contributed by atoms with E-state index in [0.717, 1.165) is 50.8 Å². The number of halogens is 1. The summed E-state index contributed by atoms with van der Waals surface area (Å²) in [5, 5.41) is 13.5. The summed E-state index contributed by atoms with van der Waals surface area (Å²) in [6.45, 7) is 9.16. The van der Waals surface area contributed by atoms with Gasteiger partial charge in [-0.1, -0.05) is 12.1 Å². The maximum atomic E-state index is 10.2. The molecule has 0 radical (unpaired) electrons. The molecular weight excluding hydrogens is 445 g/mol. The number of benzene rings is 1. The van der Waals surface area contributed by atoms with Gasteiger partial charge in [0.2, 0.25) is 0 Å². The van der Waals surface area contributed by atoms with Crippen LogP contribution in [0.3, 0.4) is 0 Å². The summed E-state index contributed by atoms with van der Waals surface area (Å²) in [6.07, 6.45) is 1.81. The summed E-state index contributed by atoms with van der Waals surface area (Å²) < 4.78 is 10.7. The minimum absolute atomic E-state index is 0. The van der Waals surface area contributed by atoms with E-state index in [0.29, 0.717) is 24.6 Å². The molecule has 0 aromatic heterocycles. The van der Waals surface area contributed by atoms with Crippen molar-refractivity contribution in [2.24, 2.45) is 10.9 Å². The van der Waals surface area contributed by atoms with Crippen molar-refractivity contribution in [3.05, 3.63) is 23.8 Å². The highest BCUT2D eigenvalue weighted by Crippen LogP contribution is 2.29. The Morgan fingerprint density at radius 1 is 1.38 bits per heavy atom. The molecular formula is C19H32IN3O3. The molecule has 2 rings (SSSR count). The van der Waals surface area contributed by atoms with Crippen molar-refractivity contribution < 1.29 is 14.6 Å². The fourth-order valence-corrected chi connectivity index (χ4v) is 3.09. The largest absolute Gasteiger partial charge is 0.504 e. The molecule has 0 aliphatic carbocycles. The topological polar surface area (TPSA) is 66.3 Å². The van der Waals surface area contributed by atoms with Crippen LogP contribution in [0.15, 0.2) is 23.2 Å². The normalized spacial score (nSPS) is 17.1. The zero-order valence-corrected chi connectivity index (χ0v) is 18.4. The number of guanidine groups is 1. The molecule has 0 amide bonds. The van der Waals surface area contributed by atoms with Crippen LogP contribution in [0.2, 0.25) is 0 Å². The standard InChI is InChI=1S/C19H31N3O3.HI/c1-4-20-19(22-12-10-15(13-22)14-25-5-2)21-11-9-16-7-6-8-17(24-3)18(16)23;/h6-8,15,23H,4-5,9-14H2,1-3H3,(H,20,21);1H. The zero-order chi connectivity index (χ0) is 18.1. The minimum Gasteiger partial charge on any atom is -0.504 e. The molecule has 148 valence electrons. The molecule has 1 aromatic rings. The number of para-hydroxylation sites is 1. The number of phenols is 1. The lowest BCUT2D eigenvalue weighted by atomic mass is 10.1. The lowest BCUT2D eigenvalue weighted by molar-refractivity contribution is 0.114. The summed E-state index contributed by atoms with van der Waals surface area (Å²) >= 11 is 0. The Balaban J connectivity index is 0.00000338. The van der Waals surface area contributed by atoms with Gasteiger partial charge in [-0.25, -0.2) is 0 Å². The van der Waals surface area contributed by atoms with E-state index in [9.17, 15) is 5.11 Å². The average molecular weight is 477 g/mol. The molecule has 2 N–H and O–H groups in total. The summed E-state index contributed by atoms with van der Waals surface area (Å²) in [6, 6.07) is 5.56. The fraction of sp³-hybridized carbons (Fsp3) is 0.632. The van der Waals surface area contributed by atoms with Crippen molar-refractivity contribution in [2.75, 3.05) is 46.5 Å². The molecule has 1 fully saturated rings. The van der Waals surface area contributed by atoms with Gasteiger partial charge in [-0.2, -0.15) is 0 Å². The van der Waals surface area contributed by atoms with Crippen molar-refractivity contribution in [3.8, 4) is 11.5 Å². The molecule has 0 saturated carbocycles. The van der Waals surface area contributed by atoms with Gasteiger partial charge in [0.15, 0.2) is 17.5 Å². The monoisotopic (exact) mass is 477 g/mol. The first-order chi connectivity index (χ1) is 12.2. The number of ether oxygens (including phenoxy) is 2. The molecule has 26 heavy (non-hydrogen) atoms. The SMILES string of the molecule is CCNC(=NCCc1cccc(OC)c1O)N1CCC(COCC)C1.I. The molecule has 1 aliphatic heterocycles. The maximum absolute atomic E-state index is 10.2. The van der Waals surface area contributed by atoms with E-state index in [-0.39, 0.29) is 29.7 Å². The molecule has 6 nitrogen and oxygen atoms in total. The van der Waals surface area contributed by atoms with E-state index in [1.807, 2.05) is 19.1 Å². The van der Waals surface area contributed by atoms with Crippen molar-refractivity contribution in [3.63, 3.8) is 0 Å². The predicted octanol–water partition coefficient (Wildman–Crippen LogP) is 2.89. The van der Waals surface area contributed by atoms with Crippen LogP contribution in [-0.4, -0.2) is 62.5 Å². The lowest BCUT2D eigenvalue weighted by Crippen LogP contribution is -2.40. The Labute approximate surface area is 174 Å². The van der Waals surface area contributed by atoms with Crippen LogP contribution >= 0.6 is 24.0 Å². The summed E-state index contributed by atoms with van der Waals surface area (Å²) in [5.74, 6) is 2.24. The predicted molar refractivity (Wildman–Crippen MR) is 116 cm³/mol. The Kier molecular flexibility index (Phi) is 10.7. The molecule has 0 bridgehead atoms. The van der Waals surface area contributed by atoms with Gasteiger partial charge in [-0.3, -0.25) is 4.99 Å². The van der Waals surface area contributed by atoms with Gasteiger partial charge in [-0.05, 0) is 38.3 Å². The second-order valence-corrected chi connectivity index (χ2v) is 6.21. The third-order valence-electron chi connectivity index (χ3n) is 4.42. The number of hydrogen-bond acceptors (Lipinski definition) is 4. The summed E-state index contributed by atoms with van der Waals surface area (Å²) in [4.78, 5) is 7.04.